The minimum absolute atomic E-state index is 0.0899. The van der Waals surface area contributed by atoms with Crippen LogP contribution in [0.5, 0.6) is 5.75 Å². The molecule has 2 aromatic heterocycles. The van der Waals surface area contributed by atoms with E-state index in [1.54, 1.807) is 24.3 Å². The van der Waals surface area contributed by atoms with Crippen LogP contribution in [0.25, 0.3) is 5.69 Å². The molecule has 7 nitrogen and oxygen atoms in total. The number of amides is 1. The standard InChI is InChI=1S/C28H29ClN4O3/c1-20-26(21(2)33(30-20)23-8-4-3-5-9-23)18-31-13-15-32(16-14-31)28(34)27-12-11-25(36-27)19-35-24-10-6-7-22(29)17-24/h3-12,17H,13-16,18-19H2,1-2H3. The molecule has 0 spiro atoms. The van der Waals surface area contributed by atoms with Gasteiger partial charge < -0.3 is 14.1 Å². The van der Waals surface area contributed by atoms with Crippen LogP contribution in [0.15, 0.2) is 71.1 Å². The summed E-state index contributed by atoms with van der Waals surface area (Å²) in [7, 11) is 0. The lowest BCUT2D eigenvalue weighted by atomic mass is 10.1. The molecule has 36 heavy (non-hydrogen) atoms. The first-order valence-corrected chi connectivity index (χ1v) is 12.4. The van der Waals surface area contributed by atoms with Crippen molar-refractivity contribution in [2.45, 2.75) is 27.0 Å². The van der Waals surface area contributed by atoms with Gasteiger partial charge in [0, 0.05) is 49.0 Å². The molecule has 3 heterocycles. The van der Waals surface area contributed by atoms with Crippen molar-refractivity contribution in [1.29, 1.82) is 0 Å². The highest BCUT2D eigenvalue weighted by Crippen LogP contribution is 2.22. The normalized spacial score (nSPS) is 14.2. The van der Waals surface area contributed by atoms with Gasteiger partial charge in [0.25, 0.3) is 5.91 Å². The van der Waals surface area contributed by atoms with E-state index in [4.69, 9.17) is 25.9 Å². The fourth-order valence-electron chi connectivity index (χ4n) is 4.49. The molecule has 1 aliphatic heterocycles. The number of para-hydroxylation sites is 1. The lowest BCUT2D eigenvalue weighted by molar-refractivity contribution is 0.0593. The van der Waals surface area contributed by atoms with E-state index in [9.17, 15) is 4.79 Å². The molecule has 0 N–H and O–H groups in total. The first-order valence-electron chi connectivity index (χ1n) is 12.1. The summed E-state index contributed by atoms with van der Waals surface area (Å²) < 4.78 is 13.5. The highest BCUT2D eigenvalue weighted by atomic mass is 35.5. The van der Waals surface area contributed by atoms with E-state index in [0.29, 0.717) is 35.4 Å². The number of hydrogen-bond donors (Lipinski definition) is 0. The number of carbonyl (C=O) groups is 1. The summed E-state index contributed by atoms with van der Waals surface area (Å²) in [6.45, 7) is 8.13. The molecule has 2 aromatic carbocycles. The number of hydrogen-bond acceptors (Lipinski definition) is 5. The van der Waals surface area contributed by atoms with Crippen molar-refractivity contribution in [3.63, 3.8) is 0 Å². The van der Waals surface area contributed by atoms with Gasteiger partial charge in [0.05, 0.1) is 11.4 Å². The zero-order valence-corrected chi connectivity index (χ0v) is 21.2. The number of carbonyl (C=O) groups excluding carboxylic acids is 1. The Morgan fingerprint density at radius 3 is 2.53 bits per heavy atom. The average Bonchev–Trinajstić information content (AvgIpc) is 3.48. The minimum atomic E-state index is -0.0899. The van der Waals surface area contributed by atoms with Gasteiger partial charge >= 0.3 is 0 Å². The Hall–Kier alpha value is -3.55. The Morgan fingerprint density at radius 1 is 1.00 bits per heavy atom. The molecule has 1 saturated heterocycles. The Morgan fingerprint density at radius 2 is 1.78 bits per heavy atom. The van der Waals surface area contributed by atoms with Gasteiger partial charge in [-0.05, 0) is 56.3 Å². The molecule has 0 saturated carbocycles. The number of furan rings is 1. The molecule has 186 valence electrons. The van der Waals surface area contributed by atoms with Gasteiger partial charge in [-0.1, -0.05) is 35.9 Å². The smallest absolute Gasteiger partial charge is 0.289 e. The summed E-state index contributed by atoms with van der Waals surface area (Å²) in [6.07, 6.45) is 0. The molecule has 5 rings (SSSR count). The second-order valence-electron chi connectivity index (χ2n) is 8.98. The molecular weight excluding hydrogens is 476 g/mol. The quantitative estimate of drug-likeness (QED) is 0.343. The number of ether oxygens (including phenoxy) is 1. The number of rotatable bonds is 7. The maximum Gasteiger partial charge on any atom is 0.289 e. The maximum absolute atomic E-state index is 13.0. The first-order chi connectivity index (χ1) is 17.5. The molecule has 4 aromatic rings. The summed E-state index contributed by atoms with van der Waals surface area (Å²) in [5.74, 6) is 1.50. The van der Waals surface area contributed by atoms with E-state index in [1.807, 2.05) is 39.9 Å². The topological polar surface area (TPSA) is 63.7 Å². The second kappa shape index (κ2) is 10.6. The maximum atomic E-state index is 13.0. The van der Waals surface area contributed by atoms with Crippen LogP contribution in [-0.4, -0.2) is 51.7 Å². The van der Waals surface area contributed by atoms with Crippen LogP contribution in [0.2, 0.25) is 5.02 Å². The van der Waals surface area contributed by atoms with Gasteiger partial charge in [-0.25, -0.2) is 4.68 Å². The van der Waals surface area contributed by atoms with Crippen LogP contribution in [0.3, 0.4) is 0 Å². The molecule has 0 bridgehead atoms. The summed E-state index contributed by atoms with van der Waals surface area (Å²) in [4.78, 5) is 17.2. The van der Waals surface area contributed by atoms with E-state index in [-0.39, 0.29) is 12.5 Å². The molecule has 8 heteroatoms. The van der Waals surface area contributed by atoms with Gasteiger partial charge in [0.15, 0.2) is 5.76 Å². The van der Waals surface area contributed by atoms with Gasteiger partial charge in [-0.15, -0.1) is 0 Å². The molecule has 1 aliphatic rings. The predicted molar refractivity (Wildman–Crippen MR) is 139 cm³/mol. The number of aryl methyl sites for hydroxylation is 1. The number of halogens is 1. The van der Waals surface area contributed by atoms with Crippen molar-refractivity contribution in [3.8, 4) is 11.4 Å². The van der Waals surface area contributed by atoms with Gasteiger partial charge in [0.2, 0.25) is 0 Å². The van der Waals surface area contributed by atoms with E-state index >= 15 is 0 Å². The molecular formula is C28H29ClN4O3. The zero-order valence-electron chi connectivity index (χ0n) is 20.5. The Bertz CT molecular complexity index is 1340. The molecule has 0 unspecified atom stereocenters. The third-order valence-electron chi connectivity index (χ3n) is 6.53. The van der Waals surface area contributed by atoms with Crippen LogP contribution in [-0.2, 0) is 13.2 Å². The molecule has 0 radical (unpaired) electrons. The number of nitrogens with zero attached hydrogens (tertiary/aromatic N) is 4. The van der Waals surface area contributed by atoms with Gasteiger partial charge in [-0.3, -0.25) is 9.69 Å². The SMILES string of the molecule is Cc1nn(-c2ccccc2)c(C)c1CN1CCN(C(=O)c2ccc(COc3cccc(Cl)c3)o2)CC1. The Kier molecular flexibility index (Phi) is 7.11. The molecule has 0 atom stereocenters. The van der Waals surface area contributed by atoms with E-state index in [2.05, 4.69) is 30.9 Å². The van der Waals surface area contributed by atoms with Crippen molar-refractivity contribution < 1.29 is 13.9 Å². The van der Waals surface area contributed by atoms with Crippen molar-refractivity contribution >= 4 is 17.5 Å². The van der Waals surface area contributed by atoms with Crippen molar-refractivity contribution in [2.75, 3.05) is 26.2 Å². The minimum Gasteiger partial charge on any atom is -0.486 e. The molecule has 0 aliphatic carbocycles. The van der Waals surface area contributed by atoms with Crippen LogP contribution in [0.4, 0.5) is 0 Å². The third kappa shape index (κ3) is 5.32. The highest BCUT2D eigenvalue weighted by molar-refractivity contribution is 6.30. The Labute approximate surface area is 215 Å². The lowest BCUT2D eigenvalue weighted by Crippen LogP contribution is -2.48. The highest BCUT2D eigenvalue weighted by Gasteiger charge is 2.25. The van der Waals surface area contributed by atoms with Crippen LogP contribution < -0.4 is 4.74 Å². The van der Waals surface area contributed by atoms with E-state index < -0.39 is 0 Å². The van der Waals surface area contributed by atoms with Crippen LogP contribution >= 0.6 is 11.6 Å². The number of aromatic nitrogens is 2. The van der Waals surface area contributed by atoms with Gasteiger partial charge in [0.1, 0.15) is 18.1 Å². The van der Waals surface area contributed by atoms with Crippen molar-refractivity contribution in [3.05, 3.63) is 100 Å². The fourth-order valence-corrected chi connectivity index (χ4v) is 4.67. The van der Waals surface area contributed by atoms with E-state index in [1.165, 1.54) is 5.56 Å². The largest absolute Gasteiger partial charge is 0.486 e. The second-order valence-corrected chi connectivity index (χ2v) is 9.41. The zero-order chi connectivity index (χ0) is 25.1. The van der Waals surface area contributed by atoms with Crippen molar-refractivity contribution in [2.24, 2.45) is 0 Å². The number of piperazine rings is 1. The summed E-state index contributed by atoms with van der Waals surface area (Å²) in [6, 6.07) is 20.9. The predicted octanol–water partition coefficient (Wildman–Crippen LogP) is 5.27. The fraction of sp³-hybridized carbons (Fsp3) is 0.286. The Balaban J connectivity index is 1.15. The summed E-state index contributed by atoms with van der Waals surface area (Å²) in [5.41, 5.74) is 4.50. The van der Waals surface area contributed by atoms with Crippen molar-refractivity contribution in [1.82, 2.24) is 19.6 Å². The average molecular weight is 505 g/mol. The third-order valence-corrected chi connectivity index (χ3v) is 6.77. The van der Waals surface area contributed by atoms with E-state index in [0.717, 1.165) is 36.7 Å². The first kappa shape index (κ1) is 24.2. The van der Waals surface area contributed by atoms with Crippen LogP contribution in [0, 0.1) is 13.8 Å². The summed E-state index contributed by atoms with van der Waals surface area (Å²) in [5, 5.41) is 5.37. The monoisotopic (exact) mass is 504 g/mol. The van der Waals surface area contributed by atoms with Crippen LogP contribution in [0.1, 0.15) is 33.3 Å². The molecule has 1 fully saturated rings. The molecule has 1 amide bonds. The number of benzene rings is 2. The summed E-state index contributed by atoms with van der Waals surface area (Å²) >= 11 is 5.99. The van der Waals surface area contributed by atoms with Gasteiger partial charge in [-0.2, -0.15) is 5.10 Å². The lowest BCUT2D eigenvalue weighted by Gasteiger charge is -2.34.